The third kappa shape index (κ3) is 3.51. The SMILES string of the molecule is COc1ccccc1C(=O)CSc1nc(C2CC2)n(-c2ccccc2)n1. The van der Waals surface area contributed by atoms with Gasteiger partial charge in [0.2, 0.25) is 5.16 Å². The van der Waals surface area contributed by atoms with Crippen LogP contribution in [0.2, 0.25) is 0 Å². The number of hydrogen-bond acceptors (Lipinski definition) is 5. The molecule has 0 unspecified atom stereocenters. The van der Waals surface area contributed by atoms with Gasteiger partial charge in [-0.05, 0) is 37.1 Å². The van der Waals surface area contributed by atoms with Gasteiger partial charge in [0, 0.05) is 5.92 Å². The summed E-state index contributed by atoms with van der Waals surface area (Å²) < 4.78 is 7.18. The van der Waals surface area contributed by atoms with Gasteiger partial charge in [-0.2, -0.15) is 0 Å². The number of ether oxygens (including phenoxy) is 1. The van der Waals surface area contributed by atoms with E-state index in [4.69, 9.17) is 4.74 Å². The van der Waals surface area contributed by atoms with E-state index in [2.05, 4.69) is 10.1 Å². The molecule has 1 heterocycles. The summed E-state index contributed by atoms with van der Waals surface area (Å²) in [4.78, 5) is 17.2. The van der Waals surface area contributed by atoms with E-state index in [0.29, 0.717) is 22.4 Å². The van der Waals surface area contributed by atoms with Gasteiger partial charge in [0.25, 0.3) is 0 Å². The summed E-state index contributed by atoms with van der Waals surface area (Å²) in [6.45, 7) is 0. The van der Waals surface area contributed by atoms with Crippen molar-refractivity contribution in [3.05, 3.63) is 66.0 Å². The van der Waals surface area contributed by atoms with E-state index in [0.717, 1.165) is 24.4 Å². The molecule has 4 rings (SSSR count). The zero-order valence-corrected chi connectivity index (χ0v) is 15.3. The summed E-state index contributed by atoms with van der Waals surface area (Å²) >= 11 is 1.37. The van der Waals surface area contributed by atoms with Gasteiger partial charge in [-0.25, -0.2) is 9.67 Å². The fraction of sp³-hybridized carbons (Fsp3) is 0.250. The van der Waals surface area contributed by atoms with Crippen LogP contribution in [0, 0.1) is 0 Å². The first-order chi connectivity index (χ1) is 12.8. The second kappa shape index (κ2) is 7.33. The third-order valence-corrected chi connectivity index (χ3v) is 5.13. The molecule has 0 N–H and O–H groups in total. The molecular weight excluding hydrogens is 346 g/mol. The van der Waals surface area contributed by atoms with Crippen LogP contribution in [-0.4, -0.2) is 33.4 Å². The van der Waals surface area contributed by atoms with Crippen LogP contribution in [-0.2, 0) is 0 Å². The predicted molar refractivity (Wildman–Crippen MR) is 101 cm³/mol. The quantitative estimate of drug-likeness (QED) is 0.465. The number of ketones is 1. The van der Waals surface area contributed by atoms with Crippen molar-refractivity contribution in [1.82, 2.24) is 14.8 Å². The van der Waals surface area contributed by atoms with Gasteiger partial charge >= 0.3 is 0 Å². The van der Waals surface area contributed by atoms with Crippen molar-refractivity contribution >= 4 is 17.5 Å². The lowest BCUT2D eigenvalue weighted by Gasteiger charge is -2.06. The second-order valence-corrected chi connectivity index (χ2v) is 7.13. The fourth-order valence-corrected chi connectivity index (χ4v) is 3.53. The molecule has 6 heteroatoms. The van der Waals surface area contributed by atoms with Gasteiger partial charge in [-0.15, -0.1) is 5.10 Å². The first-order valence-electron chi connectivity index (χ1n) is 8.57. The average molecular weight is 365 g/mol. The molecule has 0 atom stereocenters. The number of rotatable bonds is 7. The minimum atomic E-state index is 0.0106. The second-order valence-electron chi connectivity index (χ2n) is 6.19. The lowest BCUT2D eigenvalue weighted by Crippen LogP contribution is -2.05. The molecule has 2 aromatic carbocycles. The molecule has 5 nitrogen and oxygen atoms in total. The number of aromatic nitrogens is 3. The van der Waals surface area contributed by atoms with Crippen molar-refractivity contribution < 1.29 is 9.53 Å². The van der Waals surface area contributed by atoms with Gasteiger partial charge in [-0.1, -0.05) is 42.1 Å². The predicted octanol–water partition coefficient (Wildman–Crippen LogP) is 4.13. The minimum absolute atomic E-state index is 0.0106. The Bertz CT molecular complexity index is 920. The molecule has 26 heavy (non-hydrogen) atoms. The molecule has 1 aromatic heterocycles. The van der Waals surface area contributed by atoms with Crippen LogP contribution in [0.1, 0.15) is 34.9 Å². The molecule has 0 radical (unpaired) electrons. The Kier molecular flexibility index (Phi) is 4.75. The fourth-order valence-electron chi connectivity index (χ4n) is 2.81. The minimum Gasteiger partial charge on any atom is -0.496 e. The van der Waals surface area contributed by atoms with Gasteiger partial charge < -0.3 is 4.74 Å². The number of thioether (sulfide) groups is 1. The monoisotopic (exact) mass is 365 g/mol. The summed E-state index contributed by atoms with van der Waals surface area (Å²) in [5.41, 5.74) is 1.59. The molecule has 1 saturated carbocycles. The van der Waals surface area contributed by atoms with Crippen LogP contribution in [0.5, 0.6) is 5.75 Å². The van der Waals surface area contributed by atoms with Crippen molar-refractivity contribution in [3.63, 3.8) is 0 Å². The standard InChI is InChI=1S/C20H19N3O2S/c1-25-18-10-6-5-9-16(18)17(24)13-26-20-21-19(14-11-12-14)23(22-20)15-7-3-2-4-8-15/h2-10,14H,11-13H2,1H3. The van der Waals surface area contributed by atoms with Crippen molar-refractivity contribution in [1.29, 1.82) is 0 Å². The highest BCUT2D eigenvalue weighted by atomic mass is 32.2. The first-order valence-corrected chi connectivity index (χ1v) is 9.56. The number of Topliss-reactive ketones (excluding diaryl/α,β-unsaturated/α-hetero) is 1. The van der Waals surface area contributed by atoms with Crippen LogP contribution in [0.4, 0.5) is 0 Å². The van der Waals surface area contributed by atoms with Crippen molar-refractivity contribution in [2.45, 2.75) is 23.9 Å². The van der Waals surface area contributed by atoms with Crippen LogP contribution >= 0.6 is 11.8 Å². The molecule has 3 aromatic rings. The topological polar surface area (TPSA) is 57.0 Å². The maximum absolute atomic E-state index is 12.5. The number of methoxy groups -OCH3 is 1. The molecule has 1 fully saturated rings. The van der Waals surface area contributed by atoms with E-state index < -0.39 is 0 Å². The van der Waals surface area contributed by atoms with Gasteiger partial charge in [0.15, 0.2) is 5.78 Å². The zero-order chi connectivity index (χ0) is 17.9. The summed E-state index contributed by atoms with van der Waals surface area (Å²) in [6.07, 6.45) is 2.30. The van der Waals surface area contributed by atoms with Gasteiger partial charge in [-0.3, -0.25) is 4.79 Å². The zero-order valence-electron chi connectivity index (χ0n) is 14.5. The lowest BCUT2D eigenvalue weighted by atomic mass is 10.1. The third-order valence-electron chi connectivity index (χ3n) is 4.30. The van der Waals surface area contributed by atoms with Crippen LogP contribution < -0.4 is 4.74 Å². The lowest BCUT2D eigenvalue weighted by molar-refractivity contribution is 0.101. The largest absolute Gasteiger partial charge is 0.496 e. The number of nitrogens with zero attached hydrogens (tertiary/aromatic N) is 3. The van der Waals surface area contributed by atoms with E-state index in [1.165, 1.54) is 11.8 Å². The Labute approximate surface area is 156 Å². The molecule has 0 bridgehead atoms. The summed E-state index contributed by atoms with van der Waals surface area (Å²) in [5, 5.41) is 5.27. The maximum atomic E-state index is 12.5. The highest BCUT2D eigenvalue weighted by Gasteiger charge is 2.30. The number of carbonyl (C=O) groups is 1. The maximum Gasteiger partial charge on any atom is 0.209 e. The van der Waals surface area contributed by atoms with Crippen LogP contribution in [0.25, 0.3) is 5.69 Å². The number of benzene rings is 2. The van der Waals surface area contributed by atoms with E-state index in [1.54, 1.807) is 19.2 Å². The van der Waals surface area contributed by atoms with E-state index in [1.807, 2.05) is 47.1 Å². The van der Waals surface area contributed by atoms with Gasteiger partial charge in [0.1, 0.15) is 11.6 Å². The number of hydrogen-bond donors (Lipinski definition) is 0. The van der Waals surface area contributed by atoms with Gasteiger partial charge in [0.05, 0.1) is 24.1 Å². The van der Waals surface area contributed by atoms with E-state index in [-0.39, 0.29) is 11.5 Å². The molecule has 132 valence electrons. The first kappa shape index (κ1) is 16.8. The molecule has 0 aliphatic heterocycles. The summed E-state index contributed by atoms with van der Waals surface area (Å²) in [6, 6.07) is 17.3. The number of para-hydroxylation sites is 2. The summed E-state index contributed by atoms with van der Waals surface area (Å²) in [7, 11) is 1.57. The normalized spacial score (nSPS) is 13.6. The van der Waals surface area contributed by atoms with Crippen LogP contribution in [0.3, 0.4) is 0 Å². The van der Waals surface area contributed by atoms with Crippen molar-refractivity contribution in [2.24, 2.45) is 0 Å². The van der Waals surface area contributed by atoms with Crippen molar-refractivity contribution in [2.75, 3.05) is 12.9 Å². The molecular formula is C20H19N3O2S. The molecule has 1 aliphatic carbocycles. The Morgan fingerprint density at radius 2 is 1.88 bits per heavy atom. The average Bonchev–Trinajstić information content (AvgIpc) is 3.46. The molecule has 1 aliphatic rings. The number of carbonyl (C=O) groups excluding carboxylic acids is 1. The smallest absolute Gasteiger partial charge is 0.209 e. The van der Waals surface area contributed by atoms with Crippen LogP contribution in [0.15, 0.2) is 59.8 Å². The van der Waals surface area contributed by atoms with E-state index >= 15 is 0 Å². The molecule has 0 spiro atoms. The summed E-state index contributed by atoms with van der Waals surface area (Å²) in [5.74, 6) is 2.35. The Morgan fingerprint density at radius 3 is 2.62 bits per heavy atom. The van der Waals surface area contributed by atoms with Crippen molar-refractivity contribution in [3.8, 4) is 11.4 Å². The Hall–Kier alpha value is -2.60. The van der Waals surface area contributed by atoms with E-state index in [9.17, 15) is 4.79 Å². The molecule has 0 saturated heterocycles. The highest BCUT2D eigenvalue weighted by molar-refractivity contribution is 7.99. The Balaban J connectivity index is 1.53. The highest BCUT2D eigenvalue weighted by Crippen LogP contribution is 2.40. The molecule has 0 amide bonds. The Morgan fingerprint density at radius 1 is 1.15 bits per heavy atom.